The number of ketones is 1. The van der Waals surface area contributed by atoms with Gasteiger partial charge in [0, 0.05) is 5.56 Å². The summed E-state index contributed by atoms with van der Waals surface area (Å²) in [5.74, 6) is -1.31. The highest BCUT2D eigenvalue weighted by atomic mass is 19.4. The molecule has 0 unspecified atom stereocenters. The zero-order chi connectivity index (χ0) is 13.2. The van der Waals surface area contributed by atoms with Gasteiger partial charge in [-0.15, -0.1) is 0 Å². The standard InChI is InChI=1S/C12H13F3O2/c1-4-17-10-6-5-9(7(2)8(10)3)11(16)12(13,14)15/h5-6H,4H2,1-3H3. The number of hydrogen-bond donors (Lipinski definition) is 0. The smallest absolute Gasteiger partial charge is 0.454 e. The fourth-order valence-electron chi connectivity index (χ4n) is 1.51. The monoisotopic (exact) mass is 246 g/mol. The largest absolute Gasteiger partial charge is 0.494 e. The normalized spacial score (nSPS) is 11.4. The van der Waals surface area contributed by atoms with E-state index in [1.165, 1.54) is 13.0 Å². The minimum absolute atomic E-state index is 0.304. The molecule has 1 aromatic carbocycles. The van der Waals surface area contributed by atoms with Crippen molar-refractivity contribution < 1.29 is 22.7 Å². The number of benzene rings is 1. The molecule has 0 N–H and O–H groups in total. The molecule has 0 aliphatic rings. The second kappa shape index (κ2) is 4.77. The van der Waals surface area contributed by atoms with Gasteiger partial charge in [0.2, 0.25) is 0 Å². The van der Waals surface area contributed by atoms with E-state index in [1.54, 1.807) is 13.8 Å². The van der Waals surface area contributed by atoms with Crippen LogP contribution in [0.2, 0.25) is 0 Å². The third-order valence-electron chi connectivity index (χ3n) is 2.54. The number of carbonyl (C=O) groups excluding carboxylic acids is 1. The van der Waals surface area contributed by atoms with Gasteiger partial charge in [0.25, 0.3) is 5.78 Å². The van der Waals surface area contributed by atoms with Crippen LogP contribution in [0.15, 0.2) is 12.1 Å². The minimum Gasteiger partial charge on any atom is -0.494 e. The van der Waals surface area contributed by atoms with Crippen LogP contribution in [0.3, 0.4) is 0 Å². The topological polar surface area (TPSA) is 26.3 Å². The molecule has 5 heteroatoms. The van der Waals surface area contributed by atoms with E-state index in [1.807, 2.05) is 0 Å². The summed E-state index contributed by atoms with van der Waals surface area (Å²) in [5, 5.41) is 0. The van der Waals surface area contributed by atoms with Crippen molar-refractivity contribution in [3.05, 3.63) is 28.8 Å². The van der Waals surface area contributed by atoms with Crippen molar-refractivity contribution in [1.82, 2.24) is 0 Å². The molecule has 0 aliphatic carbocycles. The third kappa shape index (κ3) is 2.78. The van der Waals surface area contributed by atoms with E-state index in [0.717, 1.165) is 6.07 Å². The van der Waals surface area contributed by atoms with Crippen molar-refractivity contribution in [2.75, 3.05) is 6.61 Å². The number of halogens is 3. The van der Waals surface area contributed by atoms with E-state index in [0.29, 0.717) is 23.5 Å². The zero-order valence-electron chi connectivity index (χ0n) is 9.81. The van der Waals surface area contributed by atoms with Crippen molar-refractivity contribution in [2.24, 2.45) is 0 Å². The highest BCUT2D eigenvalue weighted by molar-refractivity contribution is 6.01. The third-order valence-corrected chi connectivity index (χ3v) is 2.54. The van der Waals surface area contributed by atoms with Crippen LogP contribution in [-0.4, -0.2) is 18.6 Å². The zero-order valence-corrected chi connectivity index (χ0v) is 9.81. The van der Waals surface area contributed by atoms with Gasteiger partial charge in [-0.3, -0.25) is 4.79 Å². The second-order valence-electron chi connectivity index (χ2n) is 3.62. The predicted molar refractivity (Wildman–Crippen MR) is 57.5 cm³/mol. The Morgan fingerprint density at radius 3 is 2.29 bits per heavy atom. The Morgan fingerprint density at radius 1 is 1.24 bits per heavy atom. The highest BCUT2D eigenvalue weighted by Crippen LogP contribution is 2.29. The lowest BCUT2D eigenvalue weighted by Gasteiger charge is -2.13. The molecule has 0 amide bonds. The first-order chi connectivity index (χ1) is 7.79. The van der Waals surface area contributed by atoms with Crippen molar-refractivity contribution in [1.29, 1.82) is 0 Å². The fraction of sp³-hybridized carbons (Fsp3) is 0.417. The summed E-state index contributed by atoms with van der Waals surface area (Å²) in [5.41, 5.74) is 0.540. The molecule has 0 aliphatic heterocycles. The second-order valence-corrected chi connectivity index (χ2v) is 3.62. The number of alkyl halides is 3. The molecule has 1 rings (SSSR count). The Kier molecular flexibility index (Phi) is 3.80. The molecule has 0 spiro atoms. The number of carbonyl (C=O) groups is 1. The molecule has 0 bridgehead atoms. The van der Waals surface area contributed by atoms with Crippen molar-refractivity contribution in [3.63, 3.8) is 0 Å². The van der Waals surface area contributed by atoms with E-state index in [-0.39, 0.29) is 5.56 Å². The number of hydrogen-bond acceptors (Lipinski definition) is 2. The first kappa shape index (κ1) is 13.5. The Labute approximate surface area is 97.4 Å². The van der Waals surface area contributed by atoms with E-state index in [9.17, 15) is 18.0 Å². The molecule has 94 valence electrons. The molecular formula is C12H13F3O2. The van der Waals surface area contributed by atoms with Crippen LogP contribution in [0.4, 0.5) is 13.2 Å². The lowest BCUT2D eigenvalue weighted by Crippen LogP contribution is -2.23. The molecular weight excluding hydrogens is 233 g/mol. The molecule has 0 radical (unpaired) electrons. The van der Waals surface area contributed by atoms with E-state index < -0.39 is 12.0 Å². The van der Waals surface area contributed by atoms with Crippen molar-refractivity contribution >= 4 is 5.78 Å². The SMILES string of the molecule is CCOc1ccc(C(=O)C(F)(F)F)c(C)c1C. The first-order valence-corrected chi connectivity index (χ1v) is 5.13. The van der Waals surface area contributed by atoms with Crippen LogP contribution in [0.5, 0.6) is 5.75 Å². The number of Topliss-reactive ketones (excluding diaryl/α,β-unsaturated/α-hetero) is 1. The summed E-state index contributed by atoms with van der Waals surface area (Å²) in [6.45, 7) is 5.32. The Hall–Kier alpha value is -1.52. The Bertz CT molecular complexity index is 436. The molecule has 2 nitrogen and oxygen atoms in total. The maximum atomic E-state index is 12.3. The molecule has 17 heavy (non-hydrogen) atoms. The molecule has 0 saturated carbocycles. The van der Waals surface area contributed by atoms with Gasteiger partial charge in [0.1, 0.15) is 5.75 Å². The molecule has 0 atom stereocenters. The quantitative estimate of drug-likeness (QED) is 0.763. The van der Waals surface area contributed by atoms with Gasteiger partial charge >= 0.3 is 6.18 Å². The number of ether oxygens (including phenoxy) is 1. The van der Waals surface area contributed by atoms with E-state index >= 15 is 0 Å². The van der Waals surface area contributed by atoms with Gasteiger partial charge in [-0.05, 0) is 44.0 Å². The van der Waals surface area contributed by atoms with Crippen LogP contribution in [0.1, 0.15) is 28.4 Å². The summed E-state index contributed by atoms with van der Waals surface area (Å²) < 4.78 is 42.2. The summed E-state index contributed by atoms with van der Waals surface area (Å²) in [6.07, 6.45) is -4.84. The number of rotatable bonds is 3. The van der Waals surface area contributed by atoms with Gasteiger partial charge in [0.05, 0.1) is 6.61 Å². The summed E-state index contributed by atoms with van der Waals surface area (Å²) >= 11 is 0. The highest BCUT2D eigenvalue weighted by Gasteiger charge is 2.40. The molecule has 0 fully saturated rings. The summed E-state index contributed by atoms with van der Waals surface area (Å²) in [6, 6.07) is 2.55. The average molecular weight is 246 g/mol. The molecule has 1 aromatic rings. The van der Waals surface area contributed by atoms with Crippen LogP contribution in [-0.2, 0) is 0 Å². The maximum absolute atomic E-state index is 12.3. The summed E-state index contributed by atoms with van der Waals surface area (Å²) in [4.78, 5) is 11.1. The van der Waals surface area contributed by atoms with Crippen LogP contribution < -0.4 is 4.74 Å². The average Bonchev–Trinajstić information content (AvgIpc) is 2.23. The molecule has 0 saturated heterocycles. The van der Waals surface area contributed by atoms with Crippen molar-refractivity contribution in [2.45, 2.75) is 26.9 Å². The maximum Gasteiger partial charge on any atom is 0.454 e. The minimum atomic E-state index is -4.84. The molecule has 0 heterocycles. The van der Waals surface area contributed by atoms with E-state index in [4.69, 9.17) is 4.74 Å². The van der Waals surface area contributed by atoms with Gasteiger partial charge in [0.15, 0.2) is 0 Å². The van der Waals surface area contributed by atoms with Crippen LogP contribution in [0, 0.1) is 13.8 Å². The van der Waals surface area contributed by atoms with Gasteiger partial charge in [-0.25, -0.2) is 0 Å². The van der Waals surface area contributed by atoms with Gasteiger partial charge in [-0.1, -0.05) is 0 Å². The first-order valence-electron chi connectivity index (χ1n) is 5.13. The van der Waals surface area contributed by atoms with Gasteiger partial charge in [-0.2, -0.15) is 13.2 Å². The van der Waals surface area contributed by atoms with E-state index in [2.05, 4.69) is 0 Å². The lowest BCUT2D eigenvalue weighted by atomic mass is 9.99. The van der Waals surface area contributed by atoms with Crippen molar-refractivity contribution in [3.8, 4) is 5.75 Å². The van der Waals surface area contributed by atoms with Crippen LogP contribution >= 0.6 is 0 Å². The molecule has 0 aromatic heterocycles. The Balaban J connectivity index is 3.22. The summed E-state index contributed by atoms with van der Waals surface area (Å²) in [7, 11) is 0. The van der Waals surface area contributed by atoms with Crippen LogP contribution in [0.25, 0.3) is 0 Å². The van der Waals surface area contributed by atoms with Gasteiger partial charge < -0.3 is 4.74 Å². The predicted octanol–water partition coefficient (Wildman–Crippen LogP) is 3.45. The fourth-order valence-corrected chi connectivity index (χ4v) is 1.51. The Morgan fingerprint density at radius 2 is 1.82 bits per heavy atom. The lowest BCUT2D eigenvalue weighted by molar-refractivity contribution is -0.0885.